The highest BCUT2D eigenvalue weighted by atomic mass is 16.2. The van der Waals surface area contributed by atoms with E-state index in [0.29, 0.717) is 0 Å². The Morgan fingerprint density at radius 3 is 1.41 bits per heavy atom. The lowest BCUT2D eigenvalue weighted by atomic mass is 10.1. The molecule has 0 heterocycles. The summed E-state index contributed by atoms with van der Waals surface area (Å²) >= 11 is 0. The molecular formula is C25H53N3O. The van der Waals surface area contributed by atoms with Crippen molar-refractivity contribution < 1.29 is 4.79 Å². The molecule has 2 N–H and O–H groups in total. The molecule has 0 spiro atoms. The summed E-state index contributed by atoms with van der Waals surface area (Å²) < 4.78 is 0. The van der Waals surface area contributed by atoms with Gasteiger partial charge in [-0.2, -0.15) is 0 Å². The predicted molar refractivity (Wildman–Crippen MR) is 129 cm³/mol. The molecular weight excluding hydrogens is 358 g/mol. The first kappa shape index (κ1) is 28.2. The van der Waals surface area contributed by atoms with E-state index in [1.165, 1.54) is 96.3 Å². The highest BCUT2D eigenvalue weighted by Crippen LogP contribution is 2.11. The van der Waals surface area contributed by atoms with Crippen LogP contribution in [0.3, 0.4) is 0 Å². The van der Waals surface area contributed by atoms with Gasteiger partial charge in [-0.05, 0) is 32.4 Å². The largest absolute Gasteiger partial charge is 0.338 e. The van der Waals surface area contributed by atoms with Gasteiger partial charge in [0.05, 0.1) is 0 Å². The molecule has 0 saturated heterocycles. The average molecular weight is 412 g/mol. The van der Waals surface area contributed by atoms with E-state index < -0.39 is 0 Å². The molecule has 0 fully saturated rings. The molecule has 0 unspecified atom stereocenters. The van der Waals surface area contributed by atoms with Crippen molar-refractivity contribution in [3.8, 4) is 0 Å². The number of nitrogens with zero attached hydrogens (tertiary/aromatic N) is 1. The van der Waals surface area contributed by atoms with Gasteiger partial charge >= 0.3 is 6.03 Å². The van der Waals surface area contributed by atoms with E-state index in [-0.39, 0.29) is 6.03 Å². The van der Waals surface area contributed by atoms with Crippen molar-refractivity contribution in [1.29, 1.82) is 0 Å². The number of carbonyl (C=O) groups is 1. The average Bonchev–Trinajstić information content (AvgIpc) is 2.73. The van der Waals surface area contributed by atoms with Gasteiger partial charge < -0.3 is 15.5 Å². The van der Waals surface area contributed by atoms with Crippen LogP contribution in [0.1, 0.15) is 124 Å². The number of nitrogens with one attached hydrogen (secondary N) is 2. The number of urea groups is 1. The Hall–Kier alpha value is -0.770. The van der Waals surface area contributed by atoms with E-state index in [1.807, 2.05) is 0 Å². The molecule has 0 aromatic heterocycles. The van der Waals surface area contributed by atoms with Crippen LogP contribution in [0, 0.1) is 0 Å². The highest BCUT2D eigenvalue weighted by Gasteiger charge is 2.05. The van der Waals surface area contributed by atoms with Crippen molar-refractivity contribution in [2.45, 2.75) is 124 Å². The third kappa shape index (κ3) is 21.8. The molecule has 0 aliphatic heterocycles. The van der Waals surface area contributed by atoms with Gasteiger partial charge in [-0.15, -0.1) is 0 Å². The van der Waals surface area contributed by atoms with Crippen LogP contribution < -0.4 is 10.6 Å². The van der Waals surface area contributed by atoms with Crippen LogP contribution in [0.4, 0.5) is 4.79 Å². The number of hydrogen-bond acceptors (Lipinski definition) is 2. The number of rotatable bonds is 22. The zero-order valence-corrected chi connectivity index (χ0v) is 20.2. The molecule has 0 aromatic rings. The van der Waals surface area contributed by atoms with Crippen molar-refractivity contribution in [2.24, 2.45) is 0 Å². The summed E-state index contributed by atoms with van der Waals surface area (Å²) in [6.45, 7) is 11.6. The molecule has 4 heteroatoms. The summed E-state index contributed by atoms with van der Waals surface area (Å²) in [6, 6.07) is -0.000920. The third-order valence-corrected chi connectivity index (χ3v) is 5.69. The van der Waals surface area contributed by atoms with Crippen molar-refractivity contribution in [1.82, 2.24) is 15.5 Å². The summed E-state index contributed by atoms with van der Waals surface area (Å²) in [5, 5.41) is 6.03. The quantitative estimate of drug-likeness (QED) is 0.190. The Bertz CT molecular complexity index is 328. The molecule has 0 saturated carbocycles. The van der Waals surface area contributed by atoms with Crippen LogP contribution in [-0.4, -0.2) is 43.7 Å². The van der Waals surface area contributed by atoms with E-state index in [0.717, 1.165) is 39.1 Å². The summed E-state index contributed by atoms with van der Waals surface area (Å²) in [5.41, 5.74) is 0. The molecule has 0 aliphatic rings. The Morgan fingerprint density at radius 1 is 0.517 bits per heavy atom. The zero-order chi connectivity index (χ0) is 21.4. The lowest BCUT2D eigenvalue weighted by molar-refractivity contribution is 0.233. The van der Waals surface area contributed by atoms with Crippen LogP contribution in [0.25, 0.3) is 0 Å². The maximum atomic E-state index is 11.9. The molecule has 0 rings (SSSR count). The SMILES string of the molecule is CCCCCCCCCCCCCCNC(=O)NCCN(CCCC)CCCC. The second kappa shape index (κ2) is 23.5. The summed E-state index contributed by atoms with van der Waals surface area (Å²) in [6.07, 6.45) is 21.2. The molecule has 0 atom stereocenters. The number of unbranched alkanes of at least 4 members (excludes halogenated alkanes) is 13. The maximum Gasteiger partial charge on any atom is 0.314 e. The lowest BCUT2D eigenvalue weighted by Crippen LogP contribution is -2.41. The maximum absolute atomic E-state index is 11.9. The Balaban J connectivity index is 3.42. The fourth-order valence-electron chi connectivity index (χ4n) is 3.66. The third-order valence-electron chi connectivity index (χ3n) is 5.69. The molecule has 4 nitrogen and oxygen atoms in total. The number of amides is 2. The highest BCUT2D eigenvalue weighted by molar-refractivity contribution is 5.73. The van der Waals surface area contributed by atoms with E-state index >= 15 is 0 Å². The van der Waals surface area contributed by atoms with Gasteiger partial charge in [0.2, 0.25) is 0 Å². The predicted octanol–water partition coefficient (Wildman–Crippen LogP) is 6.89. The molecule has 29 heavy (non-hydrogen) atoms. The van der Waals surface area contributed by atoms with Crippen LogP contribution >= 0.6 is 0 Å². The van der Waals surface area contributed by atoms with Crippen molar-refractivity contribution >= 4 is 6.03 Å². The molecule has 0 bridgehead atoms. The molecule has 0 aromatic carbocycles. The first-order chi connectivity index (χ1) is 14.2. The minimum Gasteiger partial charge on any atom is -0.338 e. The second-order valence-corrected chi connectivity index (χ2v) is 8.62. The van der Waals surface area contributed by atoms with Crippen molar-refractivity contribution in [2.75, 3.05) is 32.7 Å². The Morgan fingerprint density at radius 2 is 0.931 bits per heavy atom. The van der Waals surface area contributed by atoms with Crippen LogP contribution in [0.5, 0.6) is 0 Å². The minimum atomic E-state index is -0.000920. The minimum absolute atomic E-state index is 0.000920. The summed E-state index contributed by atoms with van der Waals surface area (Å²) in [4.78, 5) is 14.4. The fourth-order valence-corrected chi connectivity index (χ4v) is 3.66. The van der Waals surface area contributed by atoms with E-state index in [2.05, 4.69) is 36.3 Å². The molecule has 0 radical (unpaired) electrons. The first-order valence-electron chi connectivity index (χ1n) is 13.0. The lowest BCUT2D eigenvalue weighted by Gasteiger charge is -2.22. The first-order valence-corrected chi connectivity index (χ1v) is 13.0. The number of hydrogen-bond donors (Lipinski definition) is 2. The van der Waals surface area contributed by atoms with Gasteiger partial charge in [0.1, 0.15) is 0 Å². The van der Waals surface area contributed by atoms with Gasteiger partial charge in [0, 0.05) is 19.6 Å². The Labute approximate surface area is 183 Å². The van der Waals surface area contributed by atoms with Crippen LogP contribution in [0.2, 0.25) is 0 Å². The van der Waals surface area contributed by atoms with Crippen LogP contribution in [-0.2, 0) is 0 Å². The normalized spacial score (nSPS) is 11.2. The van der Waals surface area contributed by atoms with Gasteiger partial charge in [-0.3, -0.25) is 0 Å². The van der Waals surface area contributed by atoms with Gasteiger partial charge in [-0.25, -0.2) is 4.79 Å². The van der Waals surface area contributed by atoms with Crippen LogP contribution in [0.15, 0.2) is 0 Å². The van der Waals surface area contributed by atoms with Gasteiger partial charge in [0.15, 0.2) is 0 Å². The fraction of sp³-hybridized carbons (Fsp3) is 0.960. The van der Waals surface area contributed by atoms with E-state index in [1.54, 1.807) is 0 Å². The summed E-state index contributed by atoms with van der Waals surface area (Å²) in [7, 11) is 0. The summed E-state index contributed by atoms with van der Waals surface area (Å²) in [5.74, 6) is 0. The van der Waals surface area contributed by atoms with Gasteiger partial charge in [-0.1, -0.05) is 104 Å². The Kier molecular flexibility index (Phi) is 22.9. The monoisotopic (exact) mass is 411 g/mol. The zero-order valence-electron chi connectivity index (χ0n) is 20.2. The topological polar surface area (TPSA) is 44.4 Å². The van der Waals surface area contributed by atoms with E-state index in [4.69, 9.17) is 0 Å². The smallest absolute Gasteiger partial charge is 0.314 e. The van der Waals surface area contributed by atoms with E-state index in [9.17, 15) is 4.79 Å². The second-order valence-electron chi connectivity index (χ2n) is 8.62. The molecule has 2 amide bonds. The molecule has 0 aliphatic carbocycles. The standard InChI is InChI=1S/C25H53N3O/c1-4-7-10-11-12-13-14-15-16-17-18-19-20-26-25(29)27-21-24-28(22-8-5-2)23-9-6-3/h4-24H2,1-3H3,(H2,26,27,29). The van der Waals surface area contributed by atoms with Gasteiger partial charge in [0.25, 0.3) is 0 Å². The van der Waals surface area contributed by atoms with Crippen molar-refractivity contribution in [3.63, 3.8) is 0 Å². The molecule has 174 valence electrons. The number of carbonyl (C=O) groups excluding carboxylic acids is 1. The van der Waals surface area contributed by atoms with Crippen molar-refractivity contribution in [3.05, 3.63) is 0 Å².